The van der Waals surface area contributed by atoms with Crippen LogP contribution in [-0.2, 0) is 9.84 Å². The Hall–Kier alpha value is -2.52. The first-order chi connectivity index (χ1) is 14.5. The van der Waals surface area contributed by atoms with Crippen molar-refractivity contribution in [1.82, 2.24) is 15.5 Å². The van der Waals surface area contributed by atoms with Gasteiger partial charge in [0.1, 0.15) is 18.1 Å². The van der Waals surface area contributed by atoms with Crippen LogP contribution in [-0.4, -0.2) is 65.4 Å². The fourth-order valence-corrected chi connectivity index (χ4v) is 4.11. The fraction of sp³-hybridized carbons (Fsp3) is 0.476. The highest BCUT2D eigenvalue weighted by Crippen LogP contribution is 2.24. The lowest BCUT2D eigenvalue weighted by Gasteiger charge is -2.26. The van der Waals surface area contributed by atoms with Gasteiger partial charge in [-0.3, -0.25) is 9.89 Å². The summed E-state index contributed by atoms with van der Waals surface area (Å²) in [6, 6.07) is 10.5. The first-order valence-electron chi connectivity index (χ1n) is 10.1. The maximum Gasteiger partial charge on any atom is 0.191 e. The molecule has 0 bridgehead atoms. The molecule has 2 heterocycles. The first-order valence-corrected chi connectivity index (χ1v) is 12.0. The van der Waals surface area contributed by atoms with Gasteiger partial charge in [-0.05, 0) is 62.3 Å². The van der Waals surface area contributed by atoms with E-state index in [4.69, 9.17) is 9.15 Å². The average Bonchev–Trinajstić information content (AvgIpc) is 3.44. The molecule has 2 N–H and O–H groups in total. The third-order valence-electron chi connectivity index (χ3n) is 5.05. The summed E-state index contributed by atoms with van der Waals surface area (Å²) in [4.78, 5) is 6.99. The Labute approximate surface area is 178 Å². The van der Waals surface area contributed by atoms with Crippen LogP contribution in [0.3, 0.4) is 0 Å². The molecule has 3 rings (SSSR count). The van der Waals surface area contributed by atoms with Crippen molar-refractivity contribution in [2.45, 2.75) is 23.8 Å². The quantitative estimate of drug-likeness (QED) is 0.354. The van der Waals surface area contributed by atoms with Gasteiger partial charge < -0.3 is 19.8 Å². The Morgan fingerprint density at radius 1 is 1.20 bits per heavy atom. The van der Waals surface area contributed by atoms with Gasteiger partial charge in [-0.1, -0.05) is 0 Å². The van der Waals surface area contributed by atoms with Gasteiger partial charge in [0, 0.05) is 19.8 Å². The lowest BCUT2D eigenvalue weighted by atomic mass is 10.2. The highest BCUT2D eigenvalue weighted by Gasteiger charge is 2.25. The summed E-state index contributed by atoms with van der Waals surface area (Å²) in [5.41, 5.74) is 0. The molecule has 164 valence electrons. The Morgan fingerprint density at radius 2 is 1.93 bits per heavy atom. The van der Waals surface area contributed by atoms with E-state index < -0.39 is 9.84 Å². The van der Waals surface area contributed by atoms with E-state index in [9.17, 15) is 8.42 Å². The minimum Gasteiger partial charge on any atom is -0.492 e. The number of nitrogens with zero attached hydrogens (tertiary/aromatic N) is 2. The van der Waals surface area contributed by atoms with Gasteiger partial charge in [-0.25, -0.2) is 8.42 Å². The maximum absolute atomic E-state index is 11.5. The fourth-order valence-electron chi connectivity index (χ4n) is 3.48. The van der Waals surface area contributed by atoms with E-state index in [1.54, 1.807) is 37.6 Å². The number of guanidine groups is 1. The van der Waals surface area contributed by atoms with Crippen LogP contribution >= 0.6 is 0 Å². The number of furan rings is 1. The van der Waals surface area contributed by atoms with Crippen molar-refractivity contribution < 1.29 is 17.6 Å². The largest absolute Gasteiger partial charge is 0.492 e. The van der Waals surface area contributed by atoms with E-state index in [1.165, 1.54) is 19.1 Å². The third-order valence-corrected chi connectivity index (χ3v) is 6.18. The highest BCUT2D eigenvalue weighted by molar-refractivity contribution is 7.90. The summed E-state index contributed by atoms with van der Waals surface area (Å²) in [5, 5.41) is 6.61. The van der Waals surface area contributed by atoms with Crippen LogP contribution in [0.5, 0.6) is 5.75 Å². The summed E-state index contributed by atoms with van der Waals surface area (Å²) >= 11 is 0. The van der Waals surface area contributed by atoms with Crippen LogP contribution in [0.1, 0.15) is 24.6 Å². The zero-order chi connectivity index (χ0) is 21.4. The molecule has 1 aromatic heterocycles. The van der Waals surface area contributed by atoms with E-state index in [1.807, 2.05) is 12.1 Å². The Balaban J connectivity index is 1.44. The number of ether oxygens (including phenoxy) is 1. The molecule has 1 unspecified atom stereocenters. The van der Waals surface area contributed by atoms with Gasteiger partial charge >= 0.3 is 0 Å². The molecule has 1 aliphatic heterocycles. The number of rotatable bonds is 9. The van der Waals surface area contributed by atoms with Gasteiger partial charge in [0.25, 0.3) is 0 Å². The molecule has 30 heavy (non-hydrogen) atoms. The molecule has 8 nitrogen and oxygen atoms in total. The Bertz CT molecular complexity index is 905. The van der Waals surface area contributed by atoms with Crippen molar-refractivity contribution in [3.63, 3.8) is 0 Å². The van der Waals surface area contributed by atoms with Crippen LogP contribution in [0.25, 0.3) is 0 Å². The monoisotopic (exact) mass is 434 g/mol. The van der Waals surface area contributed by atoms with Crippen molar-refractivity contribution in [1.29, 1.82) is 0 Å². The maximum atomic E-state index is 11.5. The molecule has 2 aromatic rings. The molecule has 9 heteroatoms. The third kappa shape index (κ3) is 6.24. The smallest absolute Gasteiger partial charge is 0.191 e. The molecule has 0 spiro atoms. The number of hydrogen-bond donors (Lipinski definition) is 2. The minimum atomic E-state index is -3.20. The molecule has 0 amide bonds. The summed E-state index contributed by atoms with van der Waals surface area (Å²) < 4.78 is 34.3. The molecule has 1 saturated heterocycles. The van der Waals surface area contributed by atoms with Crippen LogP contribution in [0, 0.1) is 0 Å². The standard InChI is InChI=1S/C21H30N4O4S/c1-22-21(23-11-15-28-17-7-9-18(10-8-17)30(2,26)27)24-16-19(20-6-5-14-29-20)25-12-3-4-13-25/h5-10,14,19H,3-4,11-13,15-16H2,1-2H3,(H2,22,23,24). The van der Waals surface area contributed by atoms with Crippen LogP contribution in [0.15, 0.2) is 57.0 Å². The number of hydrogen-bond acceptors (Lipinski definition) is 6. The number of nitrogens with one attached hydrogen (secondary N) is 2. The predicted octanol–water partition coefficient (Wildman–Crippen LogP) is 2.06. The van der Waals surface area contributed by atoms with Gasteiger partial charge in [0.05, 0.1) is 23.7 Å². The van der Waals surface area contributed by atoms with Gasteiger partial charge in [-0.2, -0.15) is 0 Å². The normalized spacial score (nSPS) is 16.4. The molecule has 1 aromatic carbocycles. The van der Waals surface area contributed by atoms with E-state index in [2.05, 4.69) is 20.5 Å². The second-order valence-electron chi connectivity index (χ2n) is 7.25. The van der Waals surface area contributed by atoms with Crippen molar-refractivity contribution in [2.75, 3.05) is 46.1 Å². The average molecular weight is 435 g/mol. The number of aliphatic imine (C=N–C) groups is 1. The Morgan fingerprint density at radius 3 is 2.53 bits per heavy atom. The van der Waals surface area contributed by atoms with E-state index in [0.717, 1.165) is 18.8 Å². The van der Waals surface area contributed by atoms with E-state index >= 15 is 0 Å². The second kappa shape index (κ2) is 10.5. The molecule has 1 fully saturated rings. The molecule has 1 atom stereocenters. The number of benzene rings is 1. The van der Waals surface area contributed by atoms with Crippen LogP contribution < -0.4 is 15.4 Å². The summed E-state index contributed by atoms with van der Waals surface area (Å²) in [7, 11) is -1.46. The zero-order valence-corrected chi connectivity index (χ0v) is 18.3. The Kier molecular flexibility index (Phi) is 7.75. The van der Waals surface area contributed by atoms with Crippen molar-refractivity contribution in [2.24, 2.45) is 4.99 Å². The molecular weight excluding hydrogens is 404 g/mol. The van der Waals surface area contributed by atoms with Crippen molar-refractivity contribution in [3.8, 4) is 5.75 Å². The molecule has 0 aliphatic carbocycles. The highest BCUT2D eigenvalue weighted by atomic mass is 32.2. The predicted molar refractivity (Wildman–Crippen MR) is 117 cm³/mol. The van der Waals surface area contributed by atoms with Crippen LogP contribution in [0.2, 0.25) is 0 Å². The zero-order valence-electron chi connectivity index (χ0n) is 17.5. The lowest BCUT2D eigenvalue weighted by molar-refractivity contribution is 0.215. The van der Waals surface area contributed by atoms with Gasteiger partial charge in [0.2, 0.25) is 0 Å². The summed E-state index contributed by atoms with van der Waals surface area (Å²) in [5.74, 6) is 2.28. The van der Waals surface area contributed by atoms with Crippen molar-refractivity contribution in [3.05, 3.63) is 48.4 Å². The van der Waals surface area contributed by atoms with Gasteiger partial charge in [-0.15, -0.1) is 0 Å². The minimum absolute atomic E-state index is 0.172. The summed E-state index contributed by atoms with van der Waals surface area (Å²) in [6.07, 6.45) is 5.33. The van der Waals surface area contributed by atoms with Crippen LogP contribution in [0.4, 0.5) is 0 Å². The summed E-state index contributed by atoms with van der Waals surface area (Å²) in [6.45, 7) is 3.83. The number of sulfone groups is 1. The lowest BCUT2D eigenvalue weighted by Crippen LogP contribution is -2.43. The molecular formula is C21H30N4O4S. The van der Waals surface area contributed by atoms with E-state index in [0.29, 0.717) is 31.4 Å². The van der Waals surface area contributed by atoms with Crippen molar-refractivity contribution >= 4 is 15.8 Å². The topological polar surface area (TPSA) is 96.2 Å². The van der Waals surface area contributed by atoms with Gasteiger partial charge in [0.15, 0.2) is 15.8 Å². The first kappa shape index (κ1) is 22.2. The molecule has 0 saturated carbocycles. The molecule has 0 radical (unpaired) electrons. The SMILES string of the molecule is CN=C(NCCOc1ccc(S(C)(=O)=O)cc1)NCC(c1ccco1)N1CCCC1. The molecule has 1 aliphatic rings. The second-order valence-corrected chi connectivity index (χ2v) is 9.26. The van der Waals surface area contributed by atoms with E-state index in [-0.39, 0.29) is 10.9 Å². The number of likely N-dealkylation sites (tertiary alicyclic amines) is 1.